The summed E-state index contributed by atoms with van der Waals surface area (Å²) in [7, 11) is -4.85. The Labute approximate surface area is 104 Å². The Hall–Kier alpha value is -0.400. The fourth-order valence-corrected chi connectivity index (χ4v) is 0.385. The molecule has 1 aromatic rings. The van der Waals surface area contributed by atoms with Gasteiger partial charge in [0.1, 0.15) is 0 Å². The predicted molar refractivity (Wildman–Crippen MR) is 45.7 cm³/mol. The third-order valence-electron chi connectivity index (χ3n) is 0.913. The molecule has 0 spiro atoms. The second-order valence-corrected chi connectivity index (χ2v) is 3.24. The largest absolute Gasteiger partial charge is 1.00 e. The maximum atomic E-state index is 9.34. The van der Waals surface area contributed by atoms with E-state index in [1.165, 1.54) is 0 Å². The SMILES string of the molecule is NC(=O)S(=O)(=O)[O-].[Na+].c1ccccc1. The smallest absolute Gasteiger partial charge is 0.740 e. The quantitative estimate of drug-likeness (QED) is 0.383. The van der Waals surface area contributed by atoms with Crippen LogP contribution in [-0.2, 0) is 10.1 Å². The van der Waals surface area contributed by atoms with Gasteiger partial charge in [0.2, 0.25) is 0 Å². The molecule has 0 fully saturated rings. The van der Waals surface area contributed by atoms with Crippen LogP contribution in [0.4, 0.5) is 4.79 Å². The van der Waals surface area contributed by atoms with Crippen molar-refractivity contribution in [3.05, 3.63) is 36.4 Å². The van der Waals surface area contributed by atoms with Gasteiger partial charge in [0, 0.05) is 0 Å². The molecule has 5 nitrogen and oxygen atoms in total. The zero-order valence-electron chi connectivity index (χ0n) is 7.58. The third kappa shape index (κ3) is 9.69. The Balaban J connectivity index is 0. The van der Waals surface area contributed by atoms with Crippen LogP contribution in [0, 0.1) is 0 Å². The van der Waals surface area contributed by atoms with Gasteiger partial charge in [-0.2, -0.15) is 0 Å². The van der Waals surface area contributed by atoms with E-state index in [0.29, 0.717) is 0 Å². The first-order valence-corrected chi connectivity index (χ1v) is 4.61. The summed E-state index contributed by atoms with van der Waals surface area (Å²) in [5.41, 5.74) is 4.03. The number of rotatable bonds is 0. The fourth-order valence-electron chi connectivity index (χ4n) is 0.385. The summed E-state index contributed by atoms with van der Waals surface area (Å²) in [5, 5.41) is -1.84. The molecule has 0 aromatic heterocycles. The molecule has 0 saturated carbocycles. The Morgan fingerprint density at radius 1 is 1.00 bits per heavy atom. The zero-order valence-corrected chi connectivity index (χ0v) is 10.4. The average Bonchev–Trinajstić information content (AvgIpc) is 2.07. The molecule has 0 aliphatic heterocycles. The van der Waals surface area contributed by atoms with E-state index in [-0.39, 0.29) is 29.6 Å². The summed E-state index contributed by atoms with van der Waals surface area (Å²) in [6, 6.07) is 12.0. The van der Waals surface area contributed by atoms with Gasteiger partial charge in [-0.1, -0.05) is 36.4 Å². The topological polar surface area (TPSA) is 100 Å². The van der Waals surface area contributed by atoms with E-state index in [2.05, 4.69) is 5.73 Å². The van der Waals surface area contributed by atoms with E-state index in [4.69, 9.17) is 0 Å². The number of benzene rings is 1. The van der Waals surface area contributed by atoms with Gasteiger partial charge in [0.15, 0.2) is 10.1 Å². The van der Waals surface area contributed by atoms with Crippen LogP contribution in [0.5, 0.6) is 0 Å². The van der Waals surface area contributed by atoms with Crippen LogP contribution < -0.4 is 35.3 Å². The third-order valence-corrected chi connectivity index (χ3v) is 1.41. The van der Waals surface area contributed by atoms with E-state index in [1.807, 2.05) is 36.4 Å². The van der Waals surface area contributed by atoms with Crippen LogP contribution in [0.15, 0.2) is 36.4 Å². The summed E-state index contributed by atoms with van der Waals surface area (Å²) in [5.74, 6) is 0. The molecule has 0 saturated heterocycles. The number of primary amides is 1. The van der Waals surface area contributed by atoms with Crippen molar-refractivity contribution in [1.82, 2.24) is 0 Å². The van der Waals surface area contributed by atoms with Crippen molar-refractivity contribution in [3.63, 3.8) is 0 Å². The number of hydrogen-bond donors (Lipinski definition) is 1. The summed E-state index contributed by atoms with van der Waals surface area (Å²) < 4.78 is 27.9. The van der Waals surface area contributed by atoms with Crippen LogP contribution in [-0.4, -0.2) is 18.2 Å². The van der Waals surface area contributed by atoms with Gasteiger partial charge in [-0.05, 0) is 0 Å². The van der Waals surface area contributed by atoms with E-state index < -0.39 is 15.4 Å². The Kier molecular flexibility index (Phi) is 9.12. The van der Waals surface area contributed by atoms with Gasteiger partial charge in [-0.3, -0.25) is 4.79 Å². The minimum atomic E-state index is -4.85. The maximum absolute atomic E-state index is 9.34. The van der Waals surface area contributed by atoms with Crippen molar-refractivity contribution in [3.8, 4) is 0 Å². The molecule has 0 radical (unpaired) electrons. The van der Waals surface area contributed by atoms with Crippen LogP contribution >= 0.6 is 0 Å². The molecule has 1 aromatic carbocycles. The second kappa shape index (κ2) is 7.95. The predicted octanol–water partition coefficient (Wildman–Crippen LogP) is -2.70. The van der Waals surface area contributed by atoms with E-state index in [1.54, 1.807) is 0 Å². The zero-order chi connectivity index (χ0) is 10.3. The van der Waals surface area contributed by atoms with Crippen molar-refractivity contribution in [2.45, 2.75) is 0 Å². The first-order chi connectivity index (χ1) is 5.94. The van der Waals surface area contributed by atoms with Gasteiger partial charge >= 0.3 is 34.8 Å². The second-order valence-electron chi connectivity index (χ2n) is 1.93. The summed E-state index contributed by atoms with van der Waals surface area (Å²) in [6.07, 6.45) is 0. The van der Waals surface area contributed by atoms with Crippen LogP contribution in [0.3, 0.4) is 0 Å². The molecule has 0 unspecified atom stereocenters. The molecule has 0 aliphatic rings. The minimum Gasteiger partial charge on any atom is -0.740 e. The molecule has 14 heavy (non-hydrogen) atoms. The van der Waals surface area contributed by atoms with E-state index in [9.17, 15) is 17.8 Å². The summed E-state index contributed by atoms with van der Waals surface area (Å²) in [4.78, 5) is 9.34. The Morgan fingerprint density at radius 3 is 1.21 bits per heavy atom. The number of nitrogens with two attached hydrogens (primary N) is 1. The number of amides is 1. The van der Waals surface area contributed by atoms with Gasteiger partial charge in [-0.25, -0.2) is 8.42 Å². The van der Waals surface area contributed by atoms with Crippen LogP contribution in [0.25, 0.3) is 0 Å². The minimum absolute atomic E-state index is 0. The molecule has 72 valence electrons. The fraction of sp³-hybridized carbons (Fsp3) is 0. The number of carbonyl (C=O) groups excluding carboxylic acids is 1. The van der Waals surface area contributed by atoms with E-state index >= 15 is 0 Å². The molecule has 0 heterocycles. The molecule has 0 aliphatic carbocycles. The van der Waals surface area contributed by atoms with Gasteiger partial charge < -0.3 is 10.3 Å². The monoisotopic (exact) mass is 225 g/mol. The normalized spacial score (nSPS) is 8.93. The first kappa shape index (κ1) is 16.0. The first-order valence-electron chi connectivity index (χ1n) is 3.20. The molecule has 0 atom stereocenters. The summed E-state index contributed by atoms with van der Waals surface area (Å²) in [6.45, 7) is 0. The number of hydrogen-bond acceptors (Lipinski definition) is 4. The molecular formula is C7H8NNaO4S. The van der Waals surface area contributed by atoms with Gasteiger partial charge in [0.25, 0.3) is 0 Å². The molecular weight excluding hydrogens is 217 g/mol. The molecule has 0 bridgehead atoms. The Bertz CT molecular complexity index is 325. The van der Waals surface area contributed by atoms with Crippen molar-refractivity contribution in [2.75, 3.05) is 0 Å². The molecule has 1 rings (SSSR count). The van der Waals surface area contributed by atoms with Crippen LogP contribution in [0.1, 0.15) is 0 Å². The van der Waals surface area contributed by atoms with Gasteiger partial charge in [0.05, 0.1) is 0 Å². The molecule has 2 N–H and O–H groups in total. The number of carbonyl (C=O) groups is 1. The van der Waals surface area contributed by atoms with Crippen molar-refractivity contribution < 1.29 is 47.3 Å². The van der Waals surface area contributed by atoms with E-state index in [0.717, 1.165) is 0 Å². The van der Waals surface area contributed by atoms with Crippen LogP contribution in [0.2, 0.25) is 0 Å². The molecule has 1 amide bonds. The average molecular weight is 225 g/mol. The summed E-state index contributed by atoms with van der Waals surface area (Å²) >= 11 is 0. The molecule has 7 heteroatoms. The van der Waals surface area contributed by atoms with Crippen molar-refractivity contribution in [2.24, 2.45) is 5.73 Å². The standard InChI is InChI=1S/C6H6.CH3NO4S.Na/c1-2-4-6-5-3-1;2-1(3)7(4,5)6;/h1-6H;(H2,2,3)(H,4,5,6);/q;;+1/p-1. The maximum Gasteiger partial charge on any atom is 1.00 e. The Morgan fingerprint density at radius 2 is 1.14 bits per heavy atom. The van der Waals surface area contributed by atoms with Gasteiger partial charge in [-0.15, -0.1) is 0 Å². The van der Waals surface area contributed by atoms with Crippen molar-refractivity contribution >= 4 is 15.4 Å². The van der Waals surface area contributed by atoms with Crippen molar-refractivity contribution in [1.29, 1.82) is 0 Å².